The molecule has 0 fully saturated rings. The SMILES string of the molecule is CCCc1c(OCC(=N)N)ccc(C(C)=O)c1O. The fourth-order valence-electron chi connectivity index (χ4n) is 1.68. The van der Waals surface area contributed by atoms with Gasteiger partial charge in [-0.1, -0.05) is 13.3 Å². The minimum absolute atomic E-state index is 0.0322. The van der Waals surface area contributed by atoms with Gasteiger partial charge in [-0.05, 0) is 25.5 Å². The van der Waals surface area contributed by atoms with E-state index in [9.17, 15) is 9.90 Å². The summed E-state index contributed by atoms with van der Waals surface area (Å²) in [5.74, 6) is 0.149. The fraction of sp³-hybridized carbons (Fsp3) is 0.385. The van der Waals surface area contributed by atoms with Crippen LogP contribution in [0.2, 0.25) is 0 Å². The number of carbonyl (C=O) groups is 1. The summed E-state index contributed by atoms with van der Waals surface area (Å²) in [6.07, 6.45) is 1.41. The van der Waals surface area contributed by atoms with Crippen molar-refractivity contribution in [2.45, 2.75) is 26.7 Å². The van der Waals surface area contributed by atoms with Crippen LogP contribution in [0.5, 0.6) is 11.5 Å². The highest BCUT2D eigenvalue weighted by molar-refractivity contribution is 5.97. The van der Waals surface area contributed by atoms with Gasteiger partial charge in [0.2, 0.25) is 0 Å². The number of nitrogens with two attached hydrogens (primary N) is 1. The molecule has 0 heterocycles. The Kier molecular flexibility index (Phi) is 4.71. The molecule has 0 saturated carbocycles. The van der Waals surface area contributed by atoms with Crippen molar-refractivity contribution in [2.75, 3.05) is 6.61 Å². The van der Waals surface area contributed by atoms with Crippen LogP contribution < -0.4 is 10.5 Å². The lowest BCUT2D eigenvalue weighted by molar-refractivity contribution is 0.101. The second-order valence-electron chi connectivity index (χ2n) is 4.06. The van der Waals surface area contributed by atoms with Gasteiger partial charge in [0.25, 0.3) is 0 Å². The normalized spacial score (nSPS) is 10.1. The lowest BCUT2D eigenvalue weighted by Gasteiger charge is -2.14. The van der Waals surface area contributed by atoms with E-state index in [0.717, 1.165) is 6.42 Å². The summed E-state index contributed by atoms with van der Waals surface area (Å²) in [7, 11) is 0. The van der Waals surface area contributed by atoms with Crippen LogP contribution in [0, 0.1) is 5.41 Å². The lowest BCUT2D eigenvalue weighted by Crippen LogP contribution is -2.19. The predicted octanol–water partition coefficient (Wildman–Crippen LogP) is 1.86. The van der Waals surface area contributed by atoms with Crippen molar-refractivity contribution < 1.29 is 14.6 Å². The van der Waals surface area contributed by atoms with Crippen molar-refractivity contribution in [3.8, 4) is 11.5 Å². The lowest BCUT2D eigenvalue weighted by atomic mass is 10.0. The summed E-state index contributed by atoms with van der Waals surface area (Å²) in [6, 6.07) is 3.15. The fourth-order valence-corrected chi connectivity index (χ4v) is 1.68. The average Bonchev–Trinajstić information content (AvgIpc) is 2.29. The van der Waals surface area contributed by atoms with Gasteiger partial charge in [-0.15, -0.1) is 0 Å². The molecule has 0 atom stereocenters. The van der Waals surface area contributed by atoms with Crippen LogP contribution in [0.25, 0.3) is 0 Å². The molecule has 0 spiro atoms. The summed E-state index contributed by atoms with van der Waals surface area (Å²) in [4.78, 5) is 11.3. The third-order valence-electron chi connectivity index (χ3n) is 2.50. The topological polar surface area (TPSA) is 96.4 Å². The highest BCUT2D eigenvalue weighted by Gasteiger charge is 2.15. The smallest absolute Gasteiger partial charge is 0.163 e. The average molecular weight is 250 g/mol. The second-order valence-corrected chi connectivity index (χ2v) is 4.06. The van der Waals surface area contributed by atoms with E-state index in [0.29, 0.717) is 17.7 Å². The van der Waals surface area contributed by atoms with Crippen molar-refractivity contribution >= 4 is 11.6 Å². The van der Waals surface area contributed by atoms with Crippen LogP contribution in [0.4, 0.5) is 0 Å². The number of carbonyl (C=O) groups excluding carboxylic acids is 1. The Balaban J connectivity index is 3.14. The highest BCUT2D eigenvalue weighted by Crippen LogP contribution is 2.32. The number of nitrogens with one attached hydrogen (secondary N) is 1. The molecule has 4 N–H and O–H groups in total. The van der Waals surface area contributed by atoms with Gasteiger partial charge >= 0.3 is 0 Å². The van der Waals surface area contributed by atoms with Gasteiger partial charge < -0.3 is 15.6 Å². The Morgan fingerprint density at radius 2 is 2.17 bits per heavy atom. The molecule has 1 aromatic rings. The van der Waals surface area contributed by atoms with E-state index in [1.165, 1.54) is 13.0 Å². The first kappa shape index (κ1) is 14.0. The molecular weight excluding hydrogens is 232 g/mol. The Bertz CT molecular complexity index is 470. The molecular formula is C13H18N2O3. The number of benzene rings is 1. The number of amidine groups is 1. The van der Waals surface area contributed by atoms with E-state index in [4.69, 9.17) is 15.9 Å². The highest BCUT2D eigenvalue weighted by atomic mass is 16.5. The van der Waals surface area contributed by atoms with Crippen molar-refractivity contribution in [3.63, 3.8) is 0 Å². The van der Waals surface area contributed by atoms with Gasteiger partial charge in [0.15, 0.2) is 5.78 Å². The second kappa shape index (κ2) is 6.05. The van der Waals surface area contributed by atoms with Gasteiger partial charge in [0.05, 0.1) is 5.56 Å². The number of phenols is 1. The van der Waals surface area contributed by atoms with E-state index in [1.54, 1.807) is 6.07 Å². The third-order valence-corrected chi connectivity index (χ3v) is 2.50. The van der Waals surface area contributed by atoms with E-state index in [1.807, 2.05) is 6.92 Å². The molecule has 0 aliphatic rings. The molecule has 0 aromatic heterocycles. The van der Waals surface area contributed by atoms with E-state index >= 15 is 0 Å². The first-order valence-corrected chi connectivity index (χ1v) is 5.78. The molecule has 0 unspecified atom stereocenters. The standard InChI is InChI=1S/C13H18N2O3/c1-3-4-10-11(18-7-12(14)15)6-5-9(8(2)16)13(10)17/h5-6,17H,3-4,7H2,1-2H3,(H3,14,15). The Morgan fingerprint density at radius 3 is 2.67 bits per heavy atom. The number of phenolic OH excluding ortho intramolecular Hbond substituents is 1. The van der Waals surface area contributed by atoms with E-state index in [-0.39, 0.29) is 29.5 Å². The molecule has 98 valence electrons. The molecule has 0 aliphatic carbocycles. The summed E-state index contributed by atoms with van der Waals surface area (Å²) >= 11 is 0. The van der Waals surface area contributed by atoms with Crippen LogP contribution in [-0.4, -0.2) is 23.3 Å². The number of ether oxygens (including phenoxy) is 1. The molecule has 0 aliphatic heterocycles. The molecule has 0 amide bonds. The monoisotopic (exact) mass is 250 g/mol. The maximum absolute atomic E-state index is 11.3. The molecule has 5 heteroatoms. The molecule has 0 radical (unpaired) electrons. The van der Waals surface area contributed by atoms with E-state index in [2.05, 4.69) is 0 Å². The first-order chi connectivity index (χ1) is 8.47. The van der Waals surface area contributed by atoms with Gasteiger partial charge in [0.1, 0.15) is 23.9 Å². The quantitative estimate of drug-likeness (QED) is 0.408. The first-order valence-electron chi connectivity index (χ1n) is 5.78. The van der Waals surface area contributed by atoms with Crippen molar-refractivity contribution in [3.05, 3.63) is 23.3 Å². The molecule has 1 rings (SSSR count). The minimum Gasteiger partial charge on any atom is -0.507 e. The van der Waals surface area contributed by atoms with Crippen molar-refractivity contribution in [2.24, 2.45) is 5.73 Å². The summed E-state index contributed by atoms with van der Waals surface area (Å²) in [5, 5.41) is 17.2. The maximum atomic E-state index is 11.3. The largest absolute Gasteiger partial charge is 0.507 e. The summed E-state index contributed by atoms with van der Waals surface area (Å²) < 4.78 is 5.35. The zero-order valence-corrected chi connectivity index (χ0v) is 10.6. The zero-order chi connectivity index (χ0) is 13.7. The van der Waals surface area contributed by atoms with Gasteiger partial charge in [-0.3, -0.25) is 10.2 Å². The van der Waals surface area contributed by atoms with Crippen LogP contribution >= 0.6 is 0 Å². The Hall–Kier alpha value is -2.04. The number of ketones is 1. The molecule has 1 aromatic carbocycles. The Labute approximate surface area is 106 Å². The predicted molar refractivity (Wildman–Crippen MR) is 69.5 cm³/mol. The van der Waals surface area contributed by atoms with Gasteiger partial charge in [-0.2, -0.15) is 0 Å². The van der Waals surface area contributed by atoms with Crippen LogP contribution in [-0.2, 0) is 6.42 Å². The van der Waals surface area contributed by atoms with Crippen LogP contribution in [0.15, 0.2) is 12.1 Å². The summed E-state index contributed by atoms with van der Waals surface area (Å²) in [5.41, 5.74) is 6.10. The maximum Gasteiger partial charge on any atom is 0.163 e. The van der Waals surface area contributed by atoms with Crippen molar-refractivity contribution in [1.82, 2.24) is 0 Å². The van der Waals surface area contributed by atoms with Crippen molar-refractivity contribution in [1.29, 1.82) is 5.41 Å². The zero-order valence-electron chi connectivity index (χ0n) is 10.6. The molecule has 18 heavy (non-hydrogen) atoms. The number of Topliss-reactive ketones (excluding diaryl/α,β-unsaturated/α-hetero) is 1. The Morgan fingerprint density at radius 1 is 1.50 bits per heavy atom. The molecule has 0 bridgehead atoms. The number of hydrogen-bond donors (Lipinski definition) is 3. The molecule has 0 saturated heterocycles. The molecule has 5 nitrogen and oxygen atoms in total. The minimum atomic E-state index is -0.192. The van der Waals surface area contributed by atoms with Gasteiger partial charge in [0, 0.05) is 5.56 Å². The van der Waals surface area contributed by atoms with E-state index < -0.39 is 0 Å². The van der Waals surface area contributed by atoms with Gasteiger partial charge in [-0.25, -0.2) is 0 Å². The summed E-state index contributed by atoms with van der Waals surface area (Å²) in [6.45, 7) is 3.34. The third kappa shape index (κ3) is 3.23. The number of rotatable bonds is 6. The van der Waals surface area contributed by atoms with Crippen LogP contribution in [0.1, 0.15) is 36.2 Å². The number of aromatic hydroxyl groups is 1. The van der Waals surface area contributed by atoms with Crippen LogP contribution in [0.3, 0.4) is 0 Å². The number of hydrogen-bond acceptors (Lipinski definition) is 4.